The van der Waals surface area contributed by atoms with Crippen molar-refractivity contribution in [1.29, 1.82) is 0 Å². The smallest absolute Gasteiger partial charge is 0.278 e. The van der Waals surface area contributed by atoms with E-state index in [4.69, 9.17) is 4.74 Å². The van der Waals surface area contributed by atoms with E-state index < -0.39 is 5.91 Å². The maximum atomic E-state index is 13.2. The summed E-state index contributed by atoms with van der Waals surface area (Å²) in [6, 6.07) is 14.6. The van der Waals surface area contributed by atoms with Crippen molar-refractivity contribution in [2.24, 2.45) is 0 Å². The summed E-state index contributed by atoms with van der Waals surface area (Å²) >= 11 is 0. The van der Waals surface area contributed by atoms with Gasteiger partial charge >= 0.3 is 0 Å². The highest BCUT2D eigenvalue weighted by molar-refractivity contribution is 6.36. The maximum Gasteiger partial charge on any atom is 0.278 e. The van der Waals surface area contributed by atoms with Crippen LogP contribution in [0.5, 0.6) is 0 Å². The van der Waals surface area contributed by atoms with Crippen molar-refractivity contribution in [3.8, 4) is 0 Å². The first kappa shape index (κ1) is 18.8. The van der Waals surface area contributed by atoms with Gasteiger partial charge in [-0.2, -0.15) is 0 Å². The zero-order valence-electron chi connectivity index (χ0n) is 15.2. The van der Waals surface area contributed by atoms with E-state index >= 15 is 0 Å². The lowest BCUT2D eigenvalue weighted by atomic mass is 10.0. The molecule has 2 aromatic rings. The van der Waals surface area contributed by atoms with Crippen LogP contribution >= 0.6 is 0 Å². The van der Waals surface area contributed by atoms with Gasteiger partial charge in [-0.15, -0.1) is 0 Å². The first-order valence-corrected chi connectivity index (χ1v) is 8.77. The number of amides is 2. The molecule has 0 saturated heterocycles. The zero-order chi connectivity index (χ0) is 19.4. The van der Waals surface area contributed by atoms with E-state index in [1.54, 1.807) is 24.3 Å². The molecule has 0 unspecified atom stereocenters. The van der Waals surface area contributed by atoms with Crippen molar-refractivity contribution in [2.75, 3.05) is 18.5 Å². The van der Waals surface area contributed by atoms with Crippen LogP contribution in [-0.4, -0.2) is 36.0 Å². The number of hydrogen-bond donors (Lipinski definition) is 1. The number of benzene rings is 2. The van der Waals surface area contributed by atoms with Gasteiger partial charge in [0.2, 0.25) is 0 Å². The van der Waals surface area contributed by atoms with E-state index in [1.165, 1.54) is 29.2 Å². The molecule has 0 saturated carbocycles. The van der Waals surface area contributed by atoms with E-state index in [0.29, 0.717) is 16.8 Å². The van der Waals surface area contributed by atoms with Crippen LogP contribution in [0.4, 0.5) is 10.1 Å². The van der Waals surface area contributed by atoms with Crippen molar-refractivity contribution in [3.05, 3.63) is 71.7 Å². The van der Waals surface area contributed by atoms with Crippen LogP contribution in [0.3, 0.4) is 0 Å². The summed E-state index contributed by atoms with van der Waals surface area (Å²) in [6.07, 6.45) is 0.0103. The fourth-order valence-electron chi connectivity index (χ4n) is 2.82. The highest BCUT2D eigenvalue weighted by Crippen LogP contribution is 2.30. The third-order valence-corrected chi connectivity index (χ3v) is 4.11. The van der Waals surface area contributed by atoms with Crippen LogP contribution in [0.1, 0.15) is 19.4 Å². The third-order valence-electron chi connectivity index (χ3n) is 4.11. The number of anilines is 1. The second kappa shape index (κ2) is 8.14. The van der Waals surface area contributed by atoms with Gasteiger partial charge < -0.3 is 10.1 Å². The molecule has 5 nitrogen and oxygen atoms in total. The van der Waals surface area contributed by atoms with Gasteiger partial charge in [0, 0.05) is 5.69 Å². The Hall–Kier alpha value is -2.99. The number of ether oxygens (including phenoxy) is 1. The Bertz CT molecular complexity index is 861. The average molecular weight is 368 g/mol. The first-order chi connectivity index (χ1) is 13.0. The average Bonchev–Trinajstić information content (AvgIpc) is 2.88. The van der Waals surface area contributed by atoms with Crippen LogP contribution in [0.2, 0.25) is 0 Å². The lowest BCUT2D eigenvalue weighted by molar-refractivity contribution is -0.137. The minimum atomic E-state index is -0.421. The van der Waals surface area contributed by atoms with Crippen molar-refractivity contribution in [2.45, 2.75) is 20.0 Å². The number of imide groups is 1. The van der Waals surface area contributed by atoms with Gasteiger partial charge in [-0.05, 0) is 43.7 Å². The van der Waals surface area contributed by atoms with Gasteiger partial charge in [-0.3, -0.25) is 14.5 Å². The second-order valence-corrected chi connectivity index (χ2v) is 6.43. The quantitative estimate of drug-likeness (QED) is 0.761. The highest BCUT2D eigenvalue weighted by atomic mass is 19.1. The van der Waals surface area contributed by atoms with E-state index in [1.807, 2.05) is 19.9 Å². The Balaban J connectivity index is 1.92. The predicted octanol–water partition coefficient (Wildman–Crippen LogP) is 3.44. The molecule has 27 heavy (non-hydrogen) atoms. The van der Waals surface area contributed by atoms with Crippen LogP contribution in [0, 0.1) is 5.82 Å². The van der Waals surface area contributed by atoms with E-state index in [0.717, 1.165) is 0 Å². The van der Waals surface area contributed by atoms with Crippen LogP contribution in [0.25, 0.3) is 5.57 Å². The molecule has 1 N–H and O–H groups in total. The van der Waals surface area contributed by atoms with E-state index in [-0.39, 0.29) is 36.7 Å². The number of nitrogens with one attached hydrogen (secondary N) is 1. The Morgan fingerprint density at radius 1 is 1.00 bits per heavy atom. The van der Waals surface area contributed by atoms with Crippen molar-refractivity contribution in [1.82, 2.24) is 4.90 Å². The summed E-state index contributed by atoms with van der Waals surface area (Å²) in [4.78, 5) is 27.0. The standard InChI is InChI=1S/C21H21FN2O3/c1-14(2)27-13-12-24-20(25)18(15-6-4-3-5-7-15)19(21(24)26)23-17-10-8-16(22)9-11-17/h3-11,14,23H,12-13H2,1-2H3. The topological polar surface area (TPSA) is 58.6 Å². The number of halogens is 1. The van der Waals surface area contributed by atoms with Gasteiger partial charge in [0.15, 0.2) is 0 Å². The molecule has 0 aliphatic carbocycles. The number of carbonyl (C=O) groups excluding carboxylic acids is 2. The Morgan fingerprint density at radius 3 is 2.30 bits per heavy atom. The molecule has 6 heteroatoms. The summed E-state index contributed by atoms with van der Waals surface area (Å²) < 4.78 is 18.6. The molecule has 0 bridgehead atoms. The van der Waals surface area contributed by atoms with Gasteiger partial charge in [0.25, 0.3) is 11.8 Å². The fourth-order valence-corrected chi connectivity index (χ4v) is 2.82. The van der Waals surface area contributed by atoms with Crippen LogP contribution < -0.4 is 5.32 Å². The summed E-state index contributed by atoms with van der Waals surface area (Å²) in [5, 5.41) is 2.99. The van der Waals surface area contributed by atoms with Crippen molar-refractivity contribution < 1.29 is 18.7 Å². The highest BCUT2D eigenvalue weighted by Gasteiger charge is 2.38. The summed E-state index contributed by atoms with van der Waals surface area (Å²) in [5.74, 6) is -1.17. The van der Waals surface area contributed by atoms with Crippen molar-refractivity contribution in [3.63, 3.8) is 0 Å². The van der Waals surface area contributed by atoms with E-state index in [9.17, 15) is 14.0 Å². The minimum Gasteiger partial charge on any atom is -0.377 e. The molecule has 0 atom stereocenters. The molecule has 2 aromatic carbocycles. The third kappa shape index (κ3) is 4.23. The maximum absolute atomic E-state index is 13.2. The molecule has 0 aromatic heterocycles. The number of nitrogens with zero attached hydrogens (tertiary/aromatic N) is 1. The van der Waals surface area contributed by atoms with Gasteiger partial charge in [-0.1, -0.05) is 30.3 Å². The minimum absolute atomic E-state index is 0.0103. The molecule has 140 valence electrons. The summed E-state index contributed by atoms with van der Waals surface area (Å²) in [7, 11) is 0. The number of hydrogen-bond acceptors (Lipinski definition) is 4. The second-order valence-electron chi connectivity index (χ2n) is 6.43. The molecular formula is C21H21FN2O3. The SMILES string of the molecule is CC(C)OCCN1C(=O)C(Nc2ccc(F)cc2)=C(c2ccccc2)C1=O. The number of carbonyl (C=O) groups is 2. The molecule has 1 heterocycles. The Kier molecular flexibility index (Phi) is 5.66. The Morgan fingerprint density at radius 2 is 1.67 bits per heavy atom. The lowest BCUT2D eigenvalue weighted by Crippen LogP contribution is -2.35. The molecule has 3 rings (SSSR count). The Labute approximate surface area is 157 Å². The molecular weight excluding hydrogens is 347 g/mol. The van der Waals surface area contributed by atoms with Gasteiger partial charge in [0.05, 0.1) is 24.8 Å². The largest absolute Gasteiger partial charge is 0.377 e. The molecule has 0 radical (unpaired) electrons. The lowest BCUT2D eigenvalue weighted by Gasteiger charge is -2.16. The van der Waals surface area contributed by atoms with Gasteiger partial charge in [0.1, 0.15) is 11.5 Å². The molecule has 0 spiro atoms. The number of rotatable bonds is 7. The molecule has 1 aliphatic rings. The monoisotopic (exact) mass is 368 g/mol. The molecule has 0 fully saturated rings. The van der Waals surface area contributed by atoms with Crippen LogP contribution in [-0.2, 0) is 14.3 Å². The predicted molar refractivity (Wildman–Crippen MR) is 101 cm³/mol. The van der Waals surface area contributed by atoms with E-state index in [2.05, 4.69) is 5.32 Å². The van der Waals surface area contributed by atoms with Gasteiger partial charge in [-0.25, -0.2) is 4.39 Å². The fraction of sp³-hybridized carbons (Fsp3) is 0.238. The van der Waals surface area contributed by atoms with Crippen molar-refractivity contribution >= 4 is 23.1 Å². The molecule has 1 aliphatic heterocycles. The molecule has 2 amide bonds. The summed E-state index contributed by atoms with van der Waals surface area (Å²) in [5.41, 5.74) is 1.66. The normalized spacial score (nSPS) is 14.4. The zero-order valence-corrected chi connectivity index (χ0v) is 15.2. The summed E-state index contributed by atoms with van der Waals surface area (Å²) in [6.45, 7) is 4.22. The van der Waals surface area contributed by atoms with Crippen LogP contribution in [0.15, 0.2) is 60.3 Å². The first-order valence-electron chi connectivity index (χ1n) is 8.77.